The van der Waals surface area contributed by atoms with Crippen molar-refractivity contribution < 1.29 is 18.6 Å². The van der Waals surface area contributed by atoms with Crippen LogP contribution in [0.2, 0.25) is 0 Å². The van der Waals surface area contributed by atoms with Crippen molar-refractivity contribution in [2.45, 2.75) is 6.10 Å². The summed E-state index contributed by atoms with van der Waals surface area (Å²) >= 11 is 0. The third kappa shape index (κ3) is 4.27. The summed E-state index contributed by atoms with van der Waals surface area (Å²) in [5.41, 5.74) is 1.27. The fourth-order valence-electron chi connectivity index (χ4n) is 3.10. The number of aliphatic hydroxyl groups is 1. The van der Waals surface area contributed by atoms with Crippen molar-refractivity contribution in [3.8, 4) is 5.75 Å². The molecule has 0 radical (unpaired) electrons. The molecule has 1 aliphatic heterocycles. The maximum atomic E-state index is 13.8. The normalized spacial score (nSPS) is 16.7. The number of β-amino-alcohol motifs (C(OH)–C–C–N with tert-alkyl or cyclic N) is 1. The maximum absolute atomic E-state index is 13.8. The van der Waals surface area contributed by atoms with Crippen molar-refractivity contribution in [2.75, 3.05) is 44.7 Å². The molecule has 1 N–H and O–H groups in total. The average molecular weight is 348 g/mol. The van der Waals surface area contributed by atoms with Crippen LogP contribution in [0.25, 0.3) is 0 Å². The van der Waals surface area contributed by atoms with Crippen molar-refractivity contribution in [1.29, 1.82) is 0 Å². The summed E-state index contributed by atoms with van der Waals surface area (Å²) in [4.78, 5) is 4.36. The number of methoxy groups -OCH3 is 1. The Labute approximate surface area is 146 Å². The number of piperazine rings is 1. The highest BCUT2D eigenvalue weighted by molar-refractivity contribution is 5.49. The van der Waals surface area contributed by atoms with E-state index in [1.807, 2.05) is 24.3 Å². The van der Waals surface area contributed by atoms with Crippen LogP contribution in [0, 0.1) is 11.6 Å². The molecule has 2 aromatic rings. The lowest BCUT2D eigenvalue weighted by Crippen LogP contribution is -2.47. The van der Waals surface area contributed by atoms with Crippen LogP contribution < -0.4 is 9.64 Å². The molecule has 0 amide bonds. The fraction of sp³-hybridized carbons (Fsp3) is 0.368. The molecule has 0 spiro atoms. The van der Waals surface area contributed by atoms with Gasteiger partial charge < -0.3 is 14.7 Å². The van der Waals surface area contributed by atoms with Crippen LogP contribution in [0.3, 0.4) is 0 Å². The van der Waals surface area contributed by atoms with E-state index in [0.717, 1.165) is 43.7 Å². The van der Waals surface area contributed by atoms with E-state index in [1.54, 1.807) is 7.11 Å². The number of aliphatic hydroxyl groups excluding tert-OH is 1. The first-order valence-corrected chi connectivity index (χ1v) is 8.31. The third-order valence-electron chi connectivity index (χ3n) is 4.56. The molecule has 1 atom stereocenters. The third-order valence-corrected chi connectivity index (χ3v) is 4.56. The number of hydrogen-bond acceptors (Lipinski definition) is 4. The molecule has 1 heterocycles. The molecule has 3 rings (SSSR count). The second-order valence-corrected chi connectivity index (χ2v) is 6.17. The molecule has 4 nitrogen and oxygen atoms in total. The molecule has 0 aliphatic carbocycles. The topological polar surface area (TPSA) is 35.9 Å². The number of hydrogen-bond donors (Lipinski definition) is 1. The van der Waals surface area contributed by atoms with Gasteiger partial charge in [-0.25, -0.2) is 8.78 Å². The van der Waals surface area contributed by atoms with Gasteiger partial charge in [-0.1, -0.05) is 6.07 Å². The number of halogens is 2. The zero-order valence-corrected chi connectivity index (χ0v) is 14.2. The lowest BCUT2D eigenvalue weighted by molar-refractivity contribution is 0.106. The monoisotopic (exact) mass is 348 g/mol. The Morgan fingerprint density at radius 2 is 1.72 bits per heavy atom. The molecule has 25 heavy (non-hydrogen) atoms. The van der Waals surface area contributed by atoms with Crippen molar-refractivity contribution in [3.63, 3.8) is 0 Å². The first-order valence-electron chi connectivity index (χ1n) is 8.31. The van der Waals surface area contributed by atoms with Gasteiger partial charge in [0.1, 0.15) is 17.4 Å². The Kier molecular flexibility index (Phi) is 5.50. The molecule has 1 fully saturated rings. The van der Waals surface area contributed by atoms with Gasteiger partial charge in [0.25, 0.3) is 0 Å². The molecule has 1 unspecified atom stereocenters. The molecular formula is C19H22F2N2O2. The summed E-state index contributed by atoms with van der Waals surface area (Å²) in [6, 6.07) is 11.2. The molecule has 1 saturated heterocycles. The van der Waals surface area contributed by atoms with Crippen LogP contribution in [-0.2, 0) is 0 Å². The first kappa shape index (κ1) is 17.6. The van der Waals surface area contributed by atoms with E-state index in [9.17, 15) is 13.9 Å². The van der Waals surface area contributed by atoms with E-state index in [4.69, 9.17) is 4.74 Å². The Hall–Kier alpha value is -2.18. The molecule has 0 bridgehead atoms. The summed E-state index contributed by atoms with van der Waals surface area (Å²) in [5.74, 6) is -0.516. The van der Waals surface area contributed by atoms with E-state index < -0.39 is 17.7 Å². The summed E-state index contributed by atoms with van der Waals surface area (Å²) in [5, 5.41) is 10.3. The first-order chi connectivity index (χ1) is 12.1. The molecule has 2 aromatic carbocycles. The lowest BCUT2D eigenvalue weighted by atomic mass is 10.1. The van der Waals surface area contributed by atoms with E-state index in [0.29, 0.717) is 6.54 Å². The molecule has 1 aliphatic rings. The van der Waals surface area contributed by atoms with Crippen LogP contribution in [0.5, 0.6) is 5.75 Å². The zero-order valence-electron chi connectivity index (χ0n) is 14.2. The largest absolute Gasteiger partial charge is 0.497 e. The second-order valence-electron chi connectivity index (χ2n) is 6.17. The van der Waals surface area contributed by atoms with Gasteiger partial charge in [0.2, 0.25) is 0 Å². The van der Waals surface area contributed by atoms with E-state index in [-0.39, 0.29) is 5.56 Å². The van der Waals surface area contributed by atoms with Gasteiger partial charge >= 0.3 is 0 Å². The Balaban J connectivity index is 1.55. The van der Waals surface area contributed by atoms with Gasteiger partial charge in [0.05, 0.1) is 13.2 Å². The predicted octanol–water partition coefficient (Wildman–Crippen LogP) is 2.83. The standard InChI is InChI=1S/C19H22F2N2O2/c1-25-16-5-3-15(4-6-16)23-10-8-22(9-11-23)13-19(24)17-7-2-14(20)12-18(17)21/h2-7,12,19,24H,8-11,13H2,1H3. The Morgan fingerprint density at radius 1 is 1.04 bits per heavy atom. The summed E-state index contributed by atoms with van der Waals surface area (Å²) in [6.45, 7) is 3.52. The number of rotatable bonds is 5. The maximum Gasteiger partial charge on any atom is 0.131 e. The molecule has 0 saturated carbocycles. The number of ether oxygens (including phenoxy) is 1. The minimum atomic E-state index is -0.965. The van der Waals surface area contributed by atoms with Gasteiger partial charge in [-0.15, -0.1) is 0 Å². The number of benzene rings is 2. The van der Waals surface area contributed by atoms with E-state index in [2.05, 4.69) is 9.80 Å². The minimum absolute atomic E-state index is 0.138. The molecular weight excluding hydrogens is 326 g/mol. The summed E-state index contributed by atoms with van der Waals surface area (Å²) in [7, 11) is 1.64. The zero-order chi connectivity index (χ0) is 17.8. The SMILES string of the molecule is COc1ccc(N2CCN(CC(O)c3ccc(F)cc3F)CC2)cc1. The number of anilines is 1. The summed E-state index contributed by atoms with van der Waals surface area (Å²) in [6.07, 6.45) is -0.965. The fourth-order valence-corrected chi connectivity index (χ4v) is 3.10. The van der Waals surface area contributed by atoms with Crippen molar-refractivity contribution in [1.82, 2.24) is 4.90 Å². The van der Waals surface area contributed by atoms with Crippen LogP contribution in [0.4, 0.5) is 14.5 Å². The molecule has 0 aromatic heterocycles. The van der Waals surface area contributed by atoms with Gasteiger partial charge in [-0.3, -0.25) is 4.90 Å². The second kappa shape index (κ2) is 7.80. The van der Waals surface area contributed by atoms with Crippen LogP contribution in [0.15, 0.2) is 42.5 Å². The molecule has 134 valence electrons. The number of nitrogens with zero attached hydrogens (tertiary/aromatic N) is 2. The predicted molar refractivity (Wildman–Crippen MR) is 93.0 cm³/mol. The minimum Gasteiger partial charge on any atom is -0.497 e. The van der Waals surface area contributed by atoms with Gasteiger partial charge in [0, 0.05) is 50.0 Å². The van der Waals surface area contributed by atoms with Crippen LogP contribution in [0.1, 0.15) is 11.7 Å². The lowest BCUT2D eigenvalue weighted by Gasteiger charge is -2.37. The van der Waals surface area contributed by atoms with Crippen molar-refractivity contribution >= 4 is 5.69 Å². The Morgan fingerprint density at radius 3 is 2.32 bits per heavy atom. The van der Waals surface area contributed by atoms with Gasteiger partial charge in [0.15, 0.2) is 0 Å². The van der Waals surface area contributed by atoms with Crippen molar-refractivity contribution in [3.05, 3.63) is 59.7 Å². The van der Waals surface area contributed by atoms with Gasteiger partial charge in [-0.2, -0.15) is 0 Å². The Bertz CT molecular complexity index is 701. The summed E-state index contributed by atoms with van der Waals surface area (Å²) < 4.78 is 31.9. The van der Waals surface area contributed by atoms with Crippen LogP contribution in [-0.4, -0.2) is 49.8 Å². The highest BCUT2D eigenvalue weighted by Gasteiger charge is 2.22. The van der Waals surface area contributed by atoms with Crippen molar-refractivity contribution in [2.24, 2.45) is 0 Å². The smallest absolute Gasteiger partial charge is 0.131 e. The van der Waals surface area contributed by atoms with Gasteiger partial charge in [-0.05, 0) is 30.3 Å². The quantitative estimate of drug-likeness (QED) is 0.901. The van der Waals surface area contributed by atoms with Crippen LogP contribution >= 0.6 is 0 Å². The average Bonchev–Trinajstić information content (AvgIpc) is 2.62. The van der Waals surface area contributed by atoms with E-state index in [1.165, 1.54) is 12.1 Å². The van der Waals surface area contributed by atoms with E-state index >= 15 is 0 Å². The highest BCUT2D eigenvalue weighted by atomic mass is 19.1. The highest BCUT2D eigenvalue weighted by Crippen LogP contribution is 2.22. The molecule has 6 heteroatoms.